The molecule has 14 heavy (non-hydrogen) atoms. The van der Waals surface area contributed by atoms with Gasteiger partial charge in [0.15, 0.2) is 0 Å². The maximum atomic E-state index is 12.5. The Morgan fingerprint density at radius 3 is 2.86 bits per heavy atom. The molecular weight excluding hydrogens is 181 g/mol. The number of anilines is 1. The molecule has 2 rings (SSSR count). The SMILES string of the molecule is Fc1ccc(NCCNC2CC2)nc1. The summed E-state index contributed by atoms with van der Waals surface area (Å²) < 4.78 is 12.5. The number of rotatable bonds is 5. The van der Waals surface area contributed by atoms with Crippen molar-refractivity contribution >= 4 is 5.82 Å². The van der Waals surface area contributed by atoms with Crippen LogP contribution in [0.25, 0.3) is 0 Å². The molecule has 2 N–H and O–H groups in total. The van der Waals surface area contributed by atoms with Crippen molar-refractivity contribution in [2.75, 3.05) is 18.4 Å². The van der Waals surface area contributed by atoms with Crippen molar-refractivity contribution in [1.82, 2.24) is 10.3 Å². The molecule has 0 amide bonds. The van der Waals surface area contributed by atoms with Gasteiger partial charge in [0, 0.05) is 19.1 Å². The molecule has 4 heteroatoms. The van der Waals surface area contributed by atoms with Gasteiger partial charge < -0.3 is 10.6 Å². The summed E-state index contributed by atoms with van der Waals surface area (Å²) in [6.07, 6.45) is 3.82. The molecule has 3 nitrogen and oxygen atoms in total. The molecule has 1 aliphatic carbocycles. The molecule has 0 spiro atoms. The monoisotopic (exact) mass is 195 g/mol. The Kier molecular flexibility index (Phi) is 2.93. The van der Waals surface area contributed by atoms with Gasteiger partial charge in [0.25, 0.3) is 0 Å². The Morgan fingerprint density at radius 1 is 1.36 bits per heavy atom. The van der Waals surface area contributed by atoms with E-state index in [1.165, 1.54) is 25.1 Å². The molecule has 1 fully saturated rings. The zero-order chi connectivity index (χ0) is 9.80. The second-order valence-corrected chi connectivity index (χ2v) is 3.52. The number of nitrogens with one attached hydrogen (secondary N) is 2. The molecule has 1 heterocycles. The number of halogens is 1. The van der Waals surface area contributed by atoms with E-state index in [0.717, 1.165) is 24.9 Å². The van der Waals surface area contributed by atoms with Gasteiger partial charge in [-0.2, -0.15) is 0 Å². The molecule has 0 aromatic carbocycles. The van der Waals surface area contributed by atoms with Crippen LogP contribution in [0.2, 0.25) is 0 Å². The molecule has 0 unspecified atom stereocenters. The minimum absolute atomic E-state index is 0.299. The van der Waals surface area contributed by atoms with E-state index in [2.05, 4.69) is 15.6 Å². The van der Waals surface area contributed by atoms with Gasteiger partial charge in [-0.15, -0.1) is 0 Å². The lowest BCUT2D eigenvalue weighted by atomic mass is 10.4. The fourth-order valence-electron chi connectivity index (χ4n) is 1.23. The minimum Gasteiger partial charge on any atom is -0.369 e. The van der Waals surface area contributed by atoms with Crippen LogP contribution in [0.15, 0.2) is 18.3 Å². The lowest BCUT2D eigenvalue weighted by molar-refractivity contribution is 0.621. The second kappa shape index (κ2) is 4.37. The van der Waals surface area contributed by atoms with Crippen LogP contribution in [-0.2, 0) is 0 Å². The Morgan fingerprint density at radius 2 is 2.21 bits per heavy atom. The van der Waals surface area contributed by atoms with E-state index in [-0.39, 0.29) is 5.82 Å². The predicted octanol–water partition coefficient (Wildman–Crippen LogP) is 1.38. The van der Waals surface area contributed by atoms with E-state index in [9.17, 15) is 4.39 Å². The number of nitrogens with zero attached hydrogens (tertiary/aromatic N) is 1. The Hall–Kier alpha value is -1.16. The first-order chi connectivity index (χ1) is 6.84. The van der Waals surface area contributed by atoms with E-state index in [1.54, 1.807) is 6.07 Å². The van der Waals surface area contributed by atoms with Gasteiger partial charge in [-0.25, -0.2) is 9.37 Å². The van der Waals surface area contributed by atoms with Crippen molar-refractivity contribution in [2.24, 2.45) is 0 Å². The summed E-state index contributed by atoms with van der Waals surface area (Å²) in [5.74, 6) is 0.427. The Bertz CT molecular complexity index is 282. The molecule has 0 radical (unpaired) electrons. The Labute approximate surface area is 82.7 Å². The average Bonchev–Trinajstić information content (AvgIpc) is 2.99. The highest BCUT2D eigenvalue weighted by atomic mass is 19.1. The quantitative estimate of drug-likeness (QED) is 0.697. The fraction of sp³-hybridized carbons (Fsp3) is 0.500. The van der Waals surface area contributed by atoms with Gasteiger partial charge in [0.05, 0.1) is 6.20 Å². The van der Waals surface area contributed by atoms with Crippen LogP contribution >= 0.6 is 0 Å². The van der Waals surface area contributed by atoms with E-state index >= 15 is 0 Å². The molecule has 1 saturated carbocycles. The van der Waals surface area contributed by atoms with Crippen LogP contribution in [-0.4, -0.2) is 24.1 Å². The van der Waals surface area contributed by atoms with E-state index in [0.29, 0.717) is 0 Å². The van der Waals surface area contributed by atoms with Crippen molar-refractivity contribution in [3.8, 4) is 0 Å². The summed E-state index contributed by atoms with van der Waals surface area (Å²) in [6.45, 7) is 1.76. The van der Waals surface area contributed by atoms with Gasteiger partial charge in [-0.3, -0.25) is 0 Å². The van der Waals surface area contributed by atoms with Crippen LogP contribution in [0.5, 0.6) is 0 Å². The van der Waals surface area contributed by atoms with Crippen molar-refractivity contribution in [3.63, 3.8) is 0 Å². The number of hydrogen-bond donors (Lipinski definition) is 2. The lowest BCUT2D eigenvalue weighted by Crippen LogP contribution is -2.24. The fourth-order valence-corrected chi connectivity index (χ4v) is 1.23. The number of pyridine rings is 1. The molecule has 0 saturated heterocycles. The predicted molar refractivity (Wildman–Crippen MR) is 53.7 cm³/mol. The molecule has 0 atom stereocenters. The van der Waals surface area contributed by atoms with Crippen molar-refractivity contribution in [3.05, 3.63) is 24.1 Å². The zero-order valence-electron chi connectivity index (χ0n) is 7.96. The lowest BCUT2D eigenvalue weighted by Gasteiger charge is -2.05. The van der Waals surface area contributed by atoms with Gasteiger partial charge in [0.1, 0.15) is 11.6 Å². The highest BCUT2D eigenvalue weighted by Crippen LogP contribution is 2.17. The molecule has 1 aliphatic rings. The smallest absolute Gasteiger partial charge is 0.141 e. The molecule has 1 aromatic heterocycles. The largest absolute Gasteiger partial charge is 0.369 e. The first-order valence-electron chi connectivity index (χ1n) is 4.93. The zero-order valence-corrected chi connectivity index (χ0v) is 7.96. The molecule has 1 aromatic rings. The van der Waals surface area contributed by atoms with Gasteiger partial charge in [-0.05, 0) is 25.0 Å². The first kappa shape index (κ1) is 9.40. The standard InChI is InChI=1S/C10H14FN3/c11-8-1-4-10(14-7-8)13-6-5-12-9-2-3-9/h1,4,7,9,12H,2-3,5-6H2,(H,13,14). The van der Waals surface area contributed by atoms with E-state index in [1.807, 2.05) is 0 Å². The molecule has 0 aliphatic heterocycles. The van der Waals surface area contributed by atoms with Crippen LogP contribution in [0.3, 0.4) is 0 Å². The van der Waals surface area contributed by atoms with E-state index < -0.39 is 0 Å². The number of hydrogen-bond acceptors (Lipinski definition) is 3. The topological polar surface area (TPSA) is 37.0 Å². The second-order valence-electron chi connectivity index (χ2n) is 3.52. The maximum Gasteiger partial charge on any atom is 0.141 e. The van der Waals surface area contributed by atoms with Crippen LogP contribution < -0.4 is 10.6 Å². The van der Waals surface area contributed by atoms with Gasteiger partial charge in [-0.1, -0.05) is 0 Å². The average molecular weight is 195 g/mol. The summed E-state index contributed by atoms with van der Waals surface area (Å²) in [5.41, 5.74) is 0. The summed E-state index contributed by atoms with van der Waals surface area (Å²) in [4.78, 5) is 3.90. The van der Waals surface area contributed by atoms with Crippen molar-refractivity contribution in [1.29, 1.82) is 0 Å². The highest BCUT2D eigenvalue weighted by molar-refractivity contribution is 5.33. The normalized spacial score (nSPS) is 15.5. The van der Waals surface area contributed by atoms with Crippen LogP contribution in [0.4, 0.5) is 10.2 Å². The van der Waals surface area contributed by atoms with E-state index in [4.69, 9.17) is 0 Å². The summed E-state index contributed by atoms with van der Waals surface area (Å²) in [6, 6.07) is 3.79. The van der Waals surface area contributed by atoms with Gasteiger partial charge >= 0.3 is 0 Å². The first-order valence-corrected chi connectivity index (χ1v) is 4.93. The van der Waals surface area contributed by atoms with Crippen LogP contribution in [0, 0.1) is 5.82 Å². The van der Waals surface area contributed by atoms with Crippen molar-refractivity contribution in [2.45, 2.75) is 18.9 Å². The third-order valence-corrected chi connectivity index (χ3v) is 2.17. The third kappa shape index (κ3) is 2.96. The highest BCUT2D eigenvalue weighted by Gasteiger charge is 2.19. The summed E-state index contributed by atoms with van der Waals surface area (Å²) in [5, 5.41) is 6.49. The third-order valence-electron chi connectivity index (χ3n) is 2.17. The maximum absolute atomic E-state index is 12.5. The van der Waals surface area contributed by atoms with Gasteiger partial charge in [0.2, 0.25) is 0 Å². The minimum atomic E-state index is -0.299. The number of aromatic nitrogens is 1. The Balaban J connectivity index is 1.66. The van der Waals surface area contributed by atoms with Crippen LogP contribution in [0.1, 0.15) is 12.8 Å². The van der Waals surface area contributed by atoms with Crippen molar-refractivity contribution < 1.29 is 4.39 Å². The molecule has 0 bridgehead atoms. The summed E-state index contributed by atoms with van der Waals surface area (Å²) >= 11 is 0. The molecule has 76 valence electrons. The molecular formula is C10H14FN3. The summed E-state index contributed by atoms with van der Waals surface area (Å²) in [7, 11) is 0.